The Morgan fingerprint density at radius 2 is 1.93 bits per heavy atom. The summed E-state index contributed by atoms with van der Waals surface area (Å²) in [6, 6.07) is 8.00. The fraction of sp³-hybridized carbons (Fsp3) is 0.409. The van der Waals surface area contributed by atoms with Crippen molar-refractivity contribution < 1.29 is 4.79 Å². The van der Waals surface area contributed by atoms with Crippen molar-refractivity contribution in [3.8, 4) is 0 Å². The molecule has 0 saturated heterocycles. The lowest BCUT2D eigenvalue weighted by Crippen LogP contribution is -2.14. The standard InChI is InChI=1S/C22H26N6OS/c1-5-15(6-2)21-25-26-22(30-21)24-19(29)12-11-16-13(3)23-20-17-9-7-8-10-18(17)27-28(20)14(16)4/h7-10,15H,5-6,11-12H2,1-4H3,(H,24,26,29). The zero-order valence-corrected chi connectivity index (χ0v) is 18.6. The smallest absolute Gasteiger partial charge is 0.226 e. The Bertz CT molecular complexity index is 1210. The summed E-state index contributed by atoms with van der Waals surface area (Å²) in [5.74, 6) is 0.340. The van der Waals surface area contributed by atoms with Gasteiger partial charge in [0.25, 0.3) is 0 Å². The number of amides is 1. The maximum atomic E-state index is 12.5. The van der Waals surface area contributed by atoms with Crippen LogP contribution in [0.25, 0.3) is 16.6 Å². The van der Waals surface area contributed by atoms with Crippen molar-refractivity contribution in [3.05, 3.63) is 46.2 Å². The second-order valence-electron chi connectivity index (χ2n) is 7.52. The number of aromatic nitrogens is 5. The van der Waals surface area contributed by atoms with Crippen LogP contribution in [0.3, 0.4) is 0 Å². The van der Waals surface area contributed by atoms with Gasteiger partial charge in [-0.25, -0.2) is 9.50 Å². The van der Waals surface area contributed by atoms with E-state index in [-0.39, 0.29) is 5.91 Å². The summed E-state index contributed by atoms with van der Waals surface area (Å²) in [6.07, 6.45) is 3.00. The minimum Gasteiger partial charge on any atom is -0.301 e. The van der Waals surface area contributed by atoms with Crippen LogP contribution in [0.2, 0.25) is 0 Å². The van der Waals surface area contributed by atoms with Gasteiger partial charge in [-0.2, -0.15) is 5.10 Å². The van der Waals surface area contributed by atoms with Gasteiger partial charge >= 0.3 is 0 Å². The molecule has 0 spiro atoms. The van der Waals surface area contributed by atoms with Crippen LogP contribution in [0.1, 0.15) is 61.0 Å². The molecule has 0 aliphatic rings. The van der Waals surface area contributed by atoms with Gasteiger partial charge in [-0.15, -0.1) is 10.2 Å². The molecule has 30 heavy (non-hydrogen) atoms. The average molecular weight is 423 g/mol. The van der Waals surface area contributed by atoms with E-state index < -0.39 is 0 Å². The first-order chi connectivity index (χ1) is 14.5. The lowest BCUT2D eigenvalue weighted by molar-refractivity contribution is -0.116. The maximum absolute atomic E-state index is 12.5. The van der Waals surface area contributed by atoms with Gasteiger partial charge in [-0.05, 0) is 50.8 Å². The van der Waals surface area contributed by atoms with E-state index in [0.717, 1.165) is 51.4 Å². The number of carbonyl (C=O) groups is 1. The van der Waals surface area contributed by atoms with Gasteiger partial charge in [0, 0.05) is 29.1 Å². The van der Waals surface area contributed by atoms with E-state index in [1.54, 1.807) is 0 Å². The molecule has 0 bridgehead atoms. The monoisotopic (exact) mass is 422 g/mol. The van der Waals surface area contributed by atoms with Crippen LogP contribution in [0.5, 0.6) is 0 Å². The molecule has 0 atom stereocenters. The molecule has 0 radical (unpaired) electrons. The summed E-state index contributed by atoms with van der Waals surface area (Å²) < 4.78 is 1.89. The Labute approximate surface area is 179 Å². The Hall–Kier alpha value is -2.87. The van der Waals surface area contributed by atoms with Gasteiger partial charge in [0.05, 0.1) is 5.52 Å². The zero-order chi connectivity index (χ0) is 21.3. The Morgan fingerprint density at radius 1 is 1.17 bits per heavy atom. The first kappa shape index (κ1) is 20.4. The molecule has 1 aromatic carbocycles. The molecule has 3 aromatic heterocycles. The zero-order valence-electron chi connectivity index (χ0n) is 17.8. The number of anilines is 1. The van der Waals surface area contributed by atoms with Crippen molar-refractivity contribution in [1.29, 1.82) is 0 Å². The first-order valence-electron chi connectivity index (χ1n) is 10.4. The van der Waals surface area contributed by atoms with Crippen LogP contribution < -0.4 is 5.32 Å². The molecule has 0 saturated carbocycles. The highest BCUT2D eigenvalue weighted by molar-refractivity contribution is 7.15. The van der Waals surface area contributed by atoms with Crippen LogP contribution in [-0.4, -0.2) is 30.7 Å². The van der Waals surface area contributed by atoms with Crippen LogP contribution in [-0.2, 0) is 11.2 Å². The third-order valence-corrected chi connectivity index (χ3v) is 6.64. The topological polar surface area (TPSA) is 85.1 Å². The van der Waals surface area contributed by atoms with Crippen LogP contribution in [0.4, 0.5) is 5.13 Å². The van der Waals surface area contributed by atoms with E-state index >= 15 is 0 Å². The van der Waals surface area contributed by atoms with E-state index in [1.165, 1.54) is 11.3 Å². The normalized spacial score (nSPS) is 11.6. The second kappa shape index (κ2) is 8.47. The Morgan fingerprint density at radius 3 is 2.70 bits per heavy atom. The molecule has 0 unspecified atom stereocenters. The number of rotatable bonds is 7. The van der Waals surface area contributed by atoms with Gasteiger partial charge in [-0.3, -0.25) is 4.79 Å². The fourth-order valence-electron chi connectivity index (χ4n) is 3.85. The fourth-order valence-corrected chi connectivity index (χ4v) is 4.87. The predicted octanol–water partition coefficient (Wildman–Crippen LogP) is 4.83. The van der Waals surface area contributed by atoms with Crippen LogP contribution in [0, 0.1) is 13.8 Å². The largest absolute Gasteiger partial charge is 0.301 e. The van der Waals surface area contributed by atoms with E-state index in [2.05, 4.69) is 34.5 Å². The molecule has 4 rings (SSSR count). The number of carbonyl (C=O) groups excluding carboxylic acids is 1. The molecule has 156 valence electrons. The third-order valence-electron chi connectivity index (χ3n) is 5.64. The summed E-state index contributed by atoms with van der Waals surface area (Å²) in [5, 5.41) is 18.6. The Kier molecular flexibility index (Phi) is 5.76. The van der Waals surface area contributed by atoms with Crippen LogP contribution in [0.15, 0.2) is 24.3 Å². The number of nitrogens with zero attached hydrogens (tertiary/aromatic N) is 5. The molecule has 4 aromatic rings. The number of fused-ring (bicyclic) bond motifs is 3. The molecule has 1 N–H and O–H groups in total. The summed E-state index contributed by atoms with van der Waals surface area (Å²) >= 11 is 1.47. The van der Waals surface area contributed by atoms with Crippen molar-refractivity contribution in [1.82, 2.24) is 24.8 Å². The second-order valence-corrected chi connectivity index (χ2v) is 8.53. The number of aryl methyl sites for hydroxylation is 2. The van der Waals surface area contributed by atoms with Crippen molar-refractivity contribution in [2.75, 3.05) is 5.32 Å². The predicted molar refractivity (Wildman–Crippen MR) is 120 cm³/mol. The van der Waals surface area contributed by atoms with E-state index in [4.69, 9.17) is 4.98 Å². The van der Waals surface area contributed by atoms with E-state index in [9.17, 15) is 4.79 Å². The molecule has 1 amide bonds. The van der Waals surface area contributed by atoms with Crippen molar-refractivity contribution in [2.45, 2.75) is 59.3 Å². The highest BCUT2D eigenvalue weighted by Crippen LogP contribution is 2.28. The van der Waals surface area contributed by atoms with Crippen molar-refractivity contribution in [2.24, 2.45) is 0 Å². The molecule has 0 aliphatic carbocycles. The Balaban J connectivity index is 1.49. The number of hydrogen-bond donors (Lipinski definition) is 1. The highest BCUT2D eigenvalue weighted by atomic mass is 32.1. The minimum atomic E-state index is -0.0632. The summed E-state index contributed by atoms with van der Waals surface area (Å²) in [7, 11) is 0. The molecule has 0 aliphatic heterocycles. The molecule has 0 fully saturated rings. The van der Waals surface area contributed by atoms with E-state index in [1.807, 2.05) is 42.6 Å². The van der Waals surface area contributed by atoms with Crippen molar-refractivity contribution >= 4 is 38.9 Å². The van der Waals surface area contributed by atoms with Crippen LogP contribution >= 0.6 is 11.3 Å². The average Bonchev–Trinajstić information content (AvgIpc) is 3.34. The maximum Gasteiger partial charge on any atom is 0.226 e. The van der Waals surface area contributed by atoms with Gasteiger partial charge in [0.15, 0.2) is 5.65 Å². The molecule has 7 nitrogen and oxygen atoms in total. The number of nitrogens with one attached hydrogen (secondary N) is 1. The minimum absolute atomic E-state index is 0.0632. The first-order valence-corrected chi connectivity index (χ1v) is 11.2. The van der Waals surface area contributed by atoms with Crippen molar-refractivity contribution in [3.63, 3.8) is 0 Å². The third kappa shape index (κ3) is 3.79. The SMILES string of the molecule is CCC(CC)c1nnc(NC(=O)CCc2c(C)nc3c4ccccc4nn3c2C)s1. The molecule has 8 heteroatoms. The highest BCUT2D eigenvalue weighted by Gasteiger charge is 2.17. The molecular formula is C22H26N6OS. The molecular weight excluding hydrogens is 396 g/mol. The van der Waals surface area contributed by atoms with Gasteiger partial charge in [0.2, 0.25) is 11.0 Å². The summed E-state index contributed by atoms with van der Waals surface area (Å²) in [6.45, 7) is 8.32. The summed E-state index contributed by atoms with van der Waals surface area (Å²) in [4.78, 5) is 17.3. The lowest BCUT2D eigenvalue weighted by Gasteiger charge is -2.11. The van der Waals surface area contributed by atoms with Gasteiger partial charge in [-0.1, -0.05) is 37.3 Å². The lowest BCUT2D eigenvalue weighted by atomic mass is 10.1. The summed E-state index contributed by atoms with van der Waals surface area (Å²) in [5.41, 5.74) is 4.79. The number of hydrogen-bond acceptors (Lipinski definition) is 6. The van der Waals surface area contributed by atoms with Gasteiger partial charge < -0.3 is 5.32 Å². The number of benzene rings is 1. The van der Waals surface area contributed by atoms with Gasteiger partial charge in [0.1, 0.15) is 5.01 Å². The quantitative estimate of drug-likeness (QED) is 0.461. The molecule has 3 heterocycles. The van der Waals surface area contributed by atoms with E-state index in [0.29, 0.717) is 23.9 Å².